The number of anilines is 3. The molecule has 2 aromatic carbocycles. The van der Waals surface area contributed by atoms with E-state index in [9.17, 15) is 0 Å². The SMILES string of the molecule is Nc1cc(CC2=CC=C3OOCC=C3C2)c2c(c1)Nc1ccccc1S2. The number of rotatable bonds is 2. The molecule has 1 aliphatic carbocycles. The maximum atomic E-state index is 6.19. The normalized spacial score (nSPS) is 17.5. The molecule has 3 aliphatic rings. The van der Waals surface area contributed by atoms with E-state index in [-0.39, 0.29) is 0 Å². The molecular weight excluding hydrogens is 344 g/mol. The van der Waals surface area contributed by atoms with Crippen LogP contribution in [0, 0.1) is 0 Å². The molecule has 0 amide bonds. The molecule has 0 bridgehead atoms. The van der Waals surface area contributed by atoms with Crippen molar-refractivity contribution in [2.24, 2.45) is 0 Å². The predicted octanol–water partition coefficient (Wildman–Crippen LogP) is 5.12. The Kier molecular flexibility index (Phi) is 3.76. The first-order valence-corrected chi connectivity index (χ1v) is 9.43. The van der Waals surface area contributed by atoms with E-state index in [1.807, 2.05) is 30.0 Å². The predicted molar refractivity (Wildman–Crippen MR) is 104 cm³/mol. The van der Waals surface area contributed by atoms with Crippen molar-refractivity contribution in [2.75, 3.05) is 17.7 Å². The minimum absolute atomic E-state index is 0.504. The summed E-state index contributed by atoms with van der Waals surface area (Å²) in [5, 5.41) is 3.52. The second-order valence-electron chi connectivity index (χ2n) is 6.59. The molecule has 0 unspecified atom stereocenters. The van der Waals surface area contributed by atoms with Crippen LogP contribution >= 0.6 is 11.8 Å². The van der Waals surface area contributed by atoms with Gasteiger partial charge < -0.3 is 15.9 Å². The fraction of sp³-hybridized carbons (Fsp3) is 0.143. The Morgan fingerprint density at radius 3 is 3.00 bits per heavy atom. The molecule has 4 nitrogen and oxygen atoms in total. The molecule has 0 atom stereocenters. The lowest BCUT2D eigenvalue weighted by molar-refractivity contribution is -0.255. The Labute approximate surface area is 156 Å². The second kappa shape index (κ2) is 6.27. The van der Waals surface area contributed by atoms with Crippen molar-refractivity contribution in [3.8, 4) is 0 Å². The Morgan fingerprint density at radius 2 is 2.04 bits per heavy atom. The zero-order chi connectivity index (χ0) is 17.5. The van der Waals surface area contributed by atoms with Crippen LogP contribution in [-0.2, 0) is 16.2 Å². The van der Waals surface area contributed by atoms with Gasteiger partial charge in [0.2, 0.25) is 0 Å². The molecule has 2 aromatic rings. The van der Waals surface area contributed by atoms with Gasteiger partial charge >= 0.3 is 0 Å². The quantitative estimate of drug-likeness (QED) is 0.489. The van der Waals surface area contributed by atoms with E-state index in [0.717, 1.165) is 35.7 Å². The van der Waals surface area contributed by atoms with Crippen molar-refractivity contribution < 1.29 is 9.78 Å². The lowest BCUT2D eigenvalue weighted by Crippen LogP contribution is -2.11. The van der Waals surface area contributed by atoms with Crippen LogP contribution in [-0.4, -0.2) is 6.61 Å². The monoisotopic (exact) mass is 362 g/mol. The highest BCUT2D eigenvalue weighted by Gasteiger charge is 2.22. The van der Waals surface area contributed by atoms with Crippen LogP contribution in [0.2, 0.25) is 0 Å². The fourth-order valence-electron chi connectivity index (χ4n) is 3.52. The minimum atomic E-state index is 0.504. The molecule has 2 aliphatic heterocycles. The first-order chi connectivity index (χ1) is 12.8. The summed E-state index contributed by atoms with van der Waals surface area (Å²) in [7, 11) is 0. The average molecular weight is 362 g/mol. The van der Waals surface area contributed by atoms with Gasteiger partial charge in [0.1, 0.15) is 6.61 Å². The molecule has 0 saturated carbocycles. The summed E-state index contributed by atoms with van der Waals surface area (Å²) >= 11 is 1.81. The van der Waals surface area contributed by atoms with Gasteiger partial charge in [-0.15, -0.1) is 0 Å². The molecule has 0 radical (unpaired) electrons. The molecule has 2 heterocycles. The van der Waals surface area contributed by atoms with Crippen LogP contribution in [0.15, 0.2) is 81.3 Å². The molecular formula is C21H18N2O2S. The molecule has 0 saturated heterocycles. The molecule has 0 fully saturated rings. The molecule has 0 aromatic heterocycles. The summed E-state index contributed by atoms with van der Waals surface area (Å²) in [6.45, 7) is 0.504. The maximum Gasteiger partial charge on any atom is 0.168 e. The van der Waals surface area contributed by atoms with E-state index in [2.05, 4.69) is 41.7 Å². The summed E-state index contributed by atoms with van der Waals surface area (Å²) in [6.07, 6.45) is 7.96. The van der Waals surface area contributed by atoms with Gasteiger partial charge in [-0.3, -0.25) is 0 Å². The highest BCUT2D eigenvalue weighted by atomic mass is 32.2. The largest absolute Gasteiger partial charge is 0.399 e. The highest BCUT2D eigenvalue weighted by Crippen LogP contribution is 2.47. The van der Waals surface area contributed by atoms with Crippen LogP contribution in [0.1, 0.15) is 12.0 Å². The summed E-state index contributed by atoms with van der Waals surface area (Å²) in [5.41, 5.74) is 13.0. The molecule has 3 N–H and O–H groups in total. The van der Waals surface area contributed by atoms with Gasteiger partial charge in [0.15, 0.2) is 5.76 Å². The number of allylic oxidation sites excluding steroid dienone is 4. The van der Waals surface area contributed by atoms with Gasteiger partial charge in [0.05, 0.1) is 11.4 Å². The summed E-state index contributed by atoms with van der Waals surface area (Å²) in [6, 6.07) is 12.5. The number of nitrogen functional groups attached to an aromatic ring is 1. The number of benzene rings is 2. The lowest BCUT2D eigenvalue weighted by atomic mass is 9.92. The van der Waals surface area contributed by atoms with E-state index in [4.69, 9.17) is 15.5 Å². The fourth-order valence-corrected chi connectivity index (χ4v) is 4.59. The van der Waals surface area contributed by atoms with E-state index in [0.29, 0.717) is 6.61 Å². The Balaban J connectivity index is 1.49. The van der Waals surface area contributed by atoms with Crippen molar-refractivity contribution in [3.05, 3.63) is 77.1 Å². The van der Waals surface area contributed by atoms with Crippen LogP contribution in [0.3, 0.4) is 0 Å². The van der Waals surface area contributed by atoms with Gasteiger partial charge in [0, 0.05) is 21.1 Å². The van der Waals surface area contributed by atoms with E-state index >= 15 is 0 Å². The number of nitrogens with two attached hydrogens (primary N) is 1. The molecule has 130 valence electrons. The van der Waals surface area contributed by atoms with Gasteiger partial charge in [-0.05, 0) is 54.8 Å². The van der Waals surface area contributed by atoms with Gasteiger partial charge in [0.25, 0.3) is 0 Å². The van der Waals surface area contributed by atoms with Crippen LogP contribution in [0.25, 0.3) is 0 Å². The van der Waals surface area contributed by atoms with E-state index in [1.165, 1.54) is 26.5 Å². The summed E-state index contributed by atoms with van der Waals surface area (Å²) < 4.78 is 0. The first kappa shape index (κ1) is 15.6. The average Bonchev–Trinajstić information content (AvgIpc) is 2.66. The van der Waals surface area contributed by atoms with Gasteiger partial charge in [-0.2, -0.15) is 4.89 Å². The summed E-state index contributed by atoms with van der Waals surface area (Å²) in [5.74, 6) is 0.819. The maximum absolute atomic E-state index is 6.19. The third-order valence-corrected chi connectivity index (χ3v) is 5.99. The van der Waals surface area contributed by atoms with Crippen molar-refractivity contribution in [2.45, 2.75) is 22.6 Å². The number of hydrogen-bond donors (Lipinski definition) is 2. The van der Waals surface area contributed by atoms with Crippen molar-refractivity contribution in [1.82, 2.24) is 0 Å². The smallest absolute Gasteiger partial charge is 0.168 e. The summed E-state index contributed by atoms with van der Waals surface area (Å²) in [4.78, 5) is 12.8. The van der Waals surface area contributed by atoms with Crippen molar-refractivity contribution in [3.63, 3.8) is 0 Å². The third kappa shape index (κ3) is 2.79. The number of para-hydroxylation sites is 1. The zero-order valence-electron chi connectivity index (χ0n) is 14.1. The van der Waals surface area contributed by atoms with Crippen LogP contribution < -0.4 is 11.1 Å². The number of fused-ring (bicyclic) bond motifs is 3. The van der Waals surface area contributed by atoms with Crippen molar-refractivity contribution >= 4 is 28.8 Å². The molecule has 0 spiro atoms. The Bertz CT molecular complexity index is 992. The van der Waals surface area contributed by atoms with Gasteiger partial charge in [-0.25, -0.2) is 0 Å². The lowest BCUT2D eigenvalue weighted by Gasteiger charge is -2.25. The first-order valence-electron chi connectivity index (χ1n) is 8.61. The number of nitrogens with one attached hydrogen (secondary N) is 1. The van der Waals surface area contributed by atoms with Gasteiger partial charge in [-0.1, -0.05) is 35.5 Å². The van der Waals surface area contributed by atoms with Crippen molar-refractivity contribution in [1.29, 1.82) is 0 Å². The zero-order valence-corrected chi connectivity index (χ0v) is 14.9. The Morgan fingerprint density at radius 1 is 1.12 bits per heavy atom. The van der Waals surface area contributed by atoms with E-state index in [1.54, 1.807) is 0 Å². The third-order valence-electron chi connectivity index (χ3n) is 4.73. The van der Waals surface area contributed by atoms with Crippen LogP contribution in [0.5, 0.6) is 0 Å². The Hall–Kier alpha value is -2.63. The topological polar surface area (TPSA) is 56.5 Å². The van der Waals surface area contributed by atoms with E-state index < -0.39 is 0 Å². The standard InChI is InChI=1S/C21H18N2O2S/c22-16-11-15(10-13-5-6-19-14(9-13)7-8-24-25-19)21-18(12-16)23-17-3-1-2-4-20(17)26-21/h1-7,11-12,23H,8-10,22H2. The second-order valence-corrected chi connectivity index (χ2v) is 7.64. The minimum Gasteiger partial charge on any atom is -0.399 e. The molecule has 5 rings (SSSR count). The number of hydrogen-bond acceptors (Lipinski definition) is 5. The highest BCUT2D eigenvalue weighted by molar-refractivity contribution is 7.99. The molecule has 26 heavy (non-hydrogen) atoms. The van der Waals surface area contributed by atoms with Crippen LogP contribution in [0.4, 0.5) is 17.1 Å². The molecule has 5 heteroatoms.